The zero-order valence-corrected chi connectivity index (χ0v) is 12.8. The lowest BCUT2D eigenvalue weighted by Gasteiger charge is -2.07. The van der Waals surface area contributed by atoms with Gasteiger partial charge in [0.1, 0.15) is 11.6 Å². The molecule has 0 radical (unpaired) electrons. The first-order valence-electron chi connectivity index (χ1n) is 7.75. The number of amides is 1. The van der Waals surface area contributed by atoms with E-state index in [1.165, 1.54) is 13.4 Å². The molecule has 1 amide bonds. The van der Waals surface area contributed by atoms with Gasteiger partial charge in [-0.2, -0.15) is 0 Å². The number of esters is 1. The second kappa shape index (κ2) is 5.26. The highest BCUT2D eigenvalue weighted by Crippen LogP contribution is 2.42. The zero-order valence-electron chi connectivity index (χ0n) is 12.8. The van der Waals surface area contributed by atoms with Gasteiger partial charge in [-0.3, -0.25) is 4.79 Å². The second-order valence-electron chi connectivity index (χ2n) is 5.90. The Morgan fingerprint density at radius 2 is 2.26 bits per heavy atom. The molecule has 0 unspecified atom stereocenters. The molecule has 23 heavy (non-hydrogen) atoms. The van der Waals surface area contributed by atoms with Crippen molar-refractivity contribution in [2.75, 3.05) is 12.4 Å². The van der Waals surface area contributed by atoms with Gasteiger partial charge in [-0.25, -0.2) is 9.78 Å². The summed E-state index contributed by atoms with van der Waals surface area (Å²) in [6, 6.07) is 1.66. The van der Waals surface area contributed by atoms with Crippen LogP contribution in [0, 0.1) is 0 Å². The van der Waals surface area contributed by atoms with Crippen LogP contribution in [0.5, 0.6) is 0 Å². The Bertz CT molecular complexity index is 785. The summed E-state index contributed by atoms with van der Waals surface area (Å²) in [5.41, 5.74) is 0.821. The summed E-state index contributed by atoms with van der Waals surface area (Å²) >= 11 is 0. The van der Waals surface area contributed by atoms with Crippen LogP contribution >= 0.6 is 0 Å². The number of carbonyl (C=O) groups is 2. The molecule has 0 spiro atoms. The molecule has 7 heteroatoms. The van der Waals surface area contributed by atoms with Gasteiger partial charge in [-0.15, -0.1) is 0 Å². The summed E-state index contributed by atoms with van der Waals surface area (Å²) in [6.45, 7) is 0.710. The molecule has 1 saturated carbocycles. The van der Waals surface area contributed by atoms with E-state index in [1.54, 1.807) is 6.07 Å². The Labute approximate surface area is 132 Å². The highest BCUT2D eigenvalue weighted by molar-refractivity contribution is 6.07. The van der Waals surface area contributed by atoms with Gasteiger partial charge < -0.3 is 19.0 Å². The summed E-state index contributed by atoms with van der Waals surface area (Å²) in [6.07, 6.45) is 5.34. The number of fused-ring (bicyclic) bond motifs is 1. The van der Waals surface area contributed by atoms with Crippen molar-refractivity contribution in [1.29, 1.82) is 0 Å². The molecule has 1 aliphatic carbocycles. The van der Waals surface area contributed by atoms with Crippen LogP contribution in [-0.4, -0.2) is 28.5 Å². The number of hydrogen-bond acceptors (Lipinski definition) is 5. The van der Waals surface area contributed by atoms with E-state index in [2.05, 4.69) is 10.3 Å². The molecule has 1 N–H and O–H groups in total. The van der Waals surface area contributed by atoms with Gasteiger partial charge in [0.15, 0.2) is 11.5 Å². The molecule has 2 aromatic rings. The third kappa shape index (κ3) is 2.32. The highest BCUT2D eigenvalue weighted by Gasteiger charge is 2.33. The molecule has 3 heterocycles. The van der Waals surface area contributed by atoms with Crippen molar-refractivity contribution in [2.45, 2.75) is 38.1 Å². The third-order valence-electron chi connectivity index (χ3n) is 4.33. The first kappa shape index (κ1) is 14.0. The van der Waals surface area contributed by atoms with E-state index >= 15 is 0 Å². The smallest absolute Gasteiger partial charge is 0.358 e. The fourth-order valence-corrected chi connectivity index (χ4v) is 3.06. The van der Waals surface area contributed by atoms with Crippen molar-refractivity contribution in [2.24, 2.45) is 0 Å². The number of methoxy groups -OCH3 is 1. The van der Waals surface area contributed by atoms with E-state index in [-0.39, 0.29) is 11.7 Å². The quantitative estimate of drug-likeness (QED) is 0.875. The standard InChI is InChI=1S/C16H17N3O4/c1-22-16(21)12-14(17-11-3-2-7-19(11)12)18-15(20)10-6-8-23-13(10)9-4-5-9/h6,8-9H,2-5,7H2,1H3,(H,18,20). The number of rotatable bonds is 4. The monoisotopic (exact) mass is 315 g/mol. The van der Waals surface area contributed by atoms with E-state index in [0.29, 0.717) is 29.5 Å². The first-order chi connectivity index (χ1) is 11.2. The van der Waals surface area contributed by atoms with E-state index in [9.17, 15) is 9.59 Å². The van der Waals surface area contributed by atoms with E-state index < -0.39 is 5.97 Å². The largest absolute Gasteiger partial charge is 0.468 e. The maximum atomic E-state index is 12.5. The van der Waals surface area contributed by atoms with Crippen molar-refractivity contribution >= 4 is 17.7 Å². The number of hydrogen-bond donors (Lipinski definition) is 1. The molecule has 4 rings (SSSR count). The molecular formula is C16H17N3O4. The van der Waals surface area contributed by atoms with Crippen LogP contribution in [0.2, 0.25) is 0 Å². The fraction of sp³-hybridized carbons (Fsp3) is 0.438. The molecule has 120 valence electrons. The molecule has 0 atom stereocenters. The molecule has 1 fully saturated rings. The Balaban J connectivity index is 1.65. The number of aromatic nitrogens is 2. The van der Waals surface area contributed by atoms with E-state index in [4.69, 9.17) is 9.15 Å². The number of nitrogens with one attached hydrogen (secondary N) is 1. The summed E-state index contributed by atoms with van der Waals surface area (Å²) in [5.74, 6) is 1.32. The summed E-state index contributed by atoms with van der Waals surface area (Å²) in [5, 5.41) is 2.75. The predicted octanol–water partition coefficient (Wildman–Crippen LogP) is 2.34. The van der Waals surface area contributed by atoms with Gasteiger partial charge in [-0.1, -0.05) is 0 Å². The summed E-state index contributed by atoms with van der Waals surface area (Å²) in [7, 11) is 1.32. The Morgan fingerprint density at radius 1 is 1.43 bits per heavy atom. The average Bonchev–Trinajstić information content (AvgIpc) is 2.97. The third-order valence-corrected chi connectivity index (χ3v) is 4.33. The number of imidazole rings is 1. The number of aryl methyl sites for hydroxylation is 1. The Kier molecular flexibility index (Phi) is 3.21. The minimum atomic E-state index is -0.490. The lowest BCUT2D eigenvalue weighted by molar-refractivity contribution is 0.0590. The van der Waals surface area contributed by atoms with Crippen LogP contribution in [0.1, 0.15) is 57.6 Å². The number of furan rings is 1. The topological polar surface area (TPSA) is 86.4 Å². The van der Waals surface area contributed by atoms with Gasteiger partial charge in [0, 0.05) is 18.9 Å². The highest BCUT2D eigenvalue weighted by atomic mass is 16.5. The minimum absolute atomic E-state index is 0.263. The maximum absolute atomic E-state index is 12.5. The zero-order chi connectivity index (χ0) is 16.0. The van der Waals surface area contributed by atoms with E-state index in [0.717, 1.165) is 31.5 Å². The Hall–Kier alpha value is -2.57. The van der Waals surface area contributed by atoms with Crippen molar-refractivity contribution in [3.05, 3.63) is 35.2 Å². The van der Waals surface area contributed by atoms with Gasteiger partial charge in [0.25, 0.3) is 5.91 Å². The van der Waals surface area contributed by atoms with Crippen LogP contribution < -0.4 is 5.32 Å². The average molecular weight is 315 g/mol. The number of carbonyl (C=O) groups excluding carboxylic acids is 2. The van der Waals surface area contributed by atoms with Crippen LogP contribution in [0.4, 0.5) is 5.82 Å². The molecule has 0 aromatic carbocycles. The van der Waals surface area contributed by atoms with Crippen LogP contribution in [-0.2, 0) is 17.7 Å². The fourth-order valence-electron chi connectivity index (χ4n) is 3.06. The SMILES string of the molecule is COC(=O)c1c(NC(=O)c2ccoc2C2CC2)nc2n1CCC2. The lowest BCUT2D eigenvalue weighted by Crippen LogP contribution is -2.17. The molecule has 2 aliphatic rings. The van der Waals surface area contributed by atoms with Crippen LogP contribution in [0.3, 0.4) is 0 Å². The predicted molar refractivity (Wildman–Crippen MR) is 80.5 cm³/mol. The number of anilines is 1. The van der Waals surface area contributed by atoms with Crippen molar-refractivity contribution in [1.82, 2.24) is 9.55 Å². The molecule has 1 aliphatic heterocycles. The van der Waals surface area contributed by atoms with E-state index in [1.807, 2.05) is 4.57 Å². The van der Waals surface area contributed by atoms with Crippen LogP contribution in [0.15, 0.2) is 16.7 Å². The molecule has 7 nitrogen and oxygen atoms in total. The Morgan fingerprint density at radius 3 is 3.00 bits per heavy atom. The normalized spacial score (nSPS) is 16.2. The molecular weight excluding hydrogens is 298 g/mol. The van der Waals surface area contributed by atoms with Crippen molar-refractivity contribution in [3.63, 3.8) is 0 Å². The number of nitrogens with zero attached hydrogens (tertiary/aromatic N) is 2. The van der Waals surface area contributed by atoms with Gasteiger partial charge in [-0.05, 0) is 25.3 Å². The maximum Gasteiger partial charge on any atom is 0.358 e. The van der Waals surface area contributed by atoms with Gasteiger partial charge in [0.05, 0.1) is 18.9 Å². The van der Waals surface area contributed by atoms with Crippen molar-refractivity contribution < 1.29 is 18.7 Å². The van der Waals surface area contributed by atoms with Gasteiger partial charge in [0.2, 0.25) is 0 Å². The first-order valence-corrected chi connectivity index (χ1v) is 7.75. The second-order valence-corrected chi connectivity index (χ2v) is 5.90. The summed E-state index contributed by atoms with van der Waals surface area (Å²) in [4.78, 5) is 29.0. The molecule has 2 aromatic heterocycles. The van der Waals surface area contributed by atoms with Gasteiger partial charge >= 0.3 is 5.97 Å². The minimum Gasteiger partial charge on any atom is -0.468 e. The molecule has 0 saturated heterocycles. The molecule has 0 bridgehead atoms. The number of ether oxygens (including phenoxy) is 1. The lowest BCUT2D eigenvalue weighted by atomic mass is 10.2. The van der Waals surface area contributed by atoms with Crippen LogP contribution in [0.25, 0.3) is 0 Å². The summed E-state index contributed by atoms with van der Waals surface area (Å²) < 4.78 is 12.1. The van der Waals surface area contributed by atoms with Crippen molar-refractivity contribution in [3.8, 4) is 0 Å².